The smallest absolute Gasteiger partial charge is 0.336 e. The van der Waals surface area contributed by atoms with E-state index in [1.807, 2.05) is 6.92 Å². The molecule has 3 aromatic carbocycles. The highest BCUT2D eigenvalue weighted by molar-refractivity contribution is 6.04. The van der Waals surface area contributed by atoms with Crippen molar-refractivity contribution >= 4 is 11.6 Å². The molecule has 1 N–H and O–H groups in total. The van der Waals surface area contributed by atoms with Gasteiger partial charge in [-0.1, -0.05) is 24.3 Å². The fourth-order valence-electron chi connectivity index (χ4n) is 3.03. The molecule has 0 bridgehead atoms. The number of nitrogens with zero attached hydrogens (tertiary/aromatic N) is 3. The van der Waals surface area contributed by atoms with Crippen molar-refractivity contribution in [1.29, 1.82) is 0 Å². The molecule has 0 saturated carbocycles. The van der Waals surface area contributed by atoms with Gasteiger partial charge in [0.2, 0.25) is 0 Å². The summed E-state index contributed by atoms with van der Waals surface area (Å²) in [6.07, 6.45) is 0. The molecule has 4 aromatic rings. The Bertz CT molecular complexity index is 1240. The first-order chi connectivity index (χ1) is 15.0. The van der Waals surface area contributed by atoms with Crippen molar-refractivity contribution in [3.05, 3.63) is 90.0 Å². The van der Waals surface area contributed by atoms with Crippen molar-refractivity contribution in [3.63, 3.8) is 0 Å². The Morgan fingerprint density at radius 3 is 2.48 bits per heavy atom. The zero-order valence-electron chi connectivity index (χ0n) is 16.5. The molecular formula is C23H18F2N4O2. The molecule has 0 aliphatic rings. The lowest BCUT2D eigenvalue weighted by Gasteiger charge is -2.09. The molecule has 0 saturated heterocycles. The van der Waals surface area contributed by atoms with Gasteiger partial charge < -0.3 is 10.1 Å². The molecule has 0 atom stereocenters. The van der Waals surface area contributed by atoms with Crippen LogP contribution in [0.15, 0.2) is 72.8 Å². The summed E-state index contributed by atoms with van der Waals surface area (Å²) in [4.78, 5) is 16.8. The van der Waals surface area contributed by atoms with Gasteiger partial charge >= 0.3 is 6.01 Å². The van der Waals surface area contributed by atoms with E-state index >= 15 is 0 Å². The quantitative estimate of drug-likeness (QED) is 0.484. The molecule has 0 unspecified atom stereocenters. The van der Waals surface area contributed by atoms with E-state index in [4.69, 9.17) is 4.74 Å². The predicted molar refractivity (Wildman–Crippen MR) is 112 cm³/mol. The summed E-state index contributed by atoms with van der Waals surface area (Å²) in [5.74, 6) is -0.958. The van der Waals surface area contributed by atoms with Gasteiger partial charge in [-0.05, 0) is 55.5 Å². The number of amides is 1. The normalized spacial score (nSPS) is 10.7. The molecule has 0 aliphatic carbocycles. The van der Waals surface area contributed by atoms with Crippen LogP contribution in [-0.2, 0) is 0 Å². The van der Waals surface area contributed by atoms with Gasteiger partial charge in [-0.2, -0.15) is 4.98 Å². The SMILES string of the molecule is CCOc1nc(-c2cccc(F)c2)n(-c2cccc(NC(=O)c3cccc(F)c3)c2)n1. The Balaban J connectivity index is 1.69. The van der Waals surface area contributed by atoms with Crippen LogP contribution in [0.1, 0.15) is 17.3 Å². The van der Waals surface area contributed by atoms with Gasteiger partial charge in [0.05, 0.1) is 12.3 Å². The minimum Gasteiger partial charge on any atom is -0.463 e. The number of hydrogen-bond acceptors (Lipinski definition) is 4. The fraction of sp³-hybridized carbons (Fsp3) is 0.0870. The second-order valence-corrected chi connectivity index (χ2v) is 6.59. The summed E-state index contributed by atoms with van der Waals surface area (Å²) < 4.78 is 34.1. The fourth-order valence-corrected chi connectivity index (χ4v) is 3.03. The van der Waals surface area contributed by atoms with E-state index in [1.165, 1.54) is 35.0 Å². The van der Waals surface area contributed by atoms with E-state index in [9.17, 15) is 13.6 Å². The van der Waals surface area contributed by atoms with Crippen molar-refractivity contribution in [2.75, 3.05) is 11.9 Å². The molecule has 31 heavy (non-hydrogen) atoms. The van der Waals surface area contributed by atoms with E-state index in [0.717, 1.165) is 6.07 Å². The van der Waals surface area contributed by atoms with Crippen molar-refractivity contribution in [2.24, 2.45) is 0 Å². The average Bonchev–Trinajstić information content (AvgIpc) is 3.18. The van der Waals surface area contributed by atoms with E-state index in [0.29, 0.717) is 29.4 Å². The van der Waals surface area contributed by atoms with Crippen molar-refractivity contribution < 1.29 is 18.3 Å². The Hall–Kier alpha value is -4.07. The van der Waals surface area contributed by atoms with Crippen molar-refractivity contribution in [1.82, 2.24) is 14.8 Å². The van der Waals surface area contributed by atoms with Gasteiger partial charge in [0, 0.05) is 16.8 Å². The lowest BCUT2D eigenvalue weighted by molar-refractivity contribution is 0.102. The van der Waals surface area contributed by atoms with Gasteiger partial charge in [-0.3, -0.25) is 4.79 Å². The van der Waals surface area contributed by atoms with Crippen molar-refractivity contribution in [2.45, 2.75) is 6.92 Å². The topological polar surface area (TPSA) is 69.0 Å². The van der Waals surface area contributed by atoms with Crippen LogP contribution in [-0.4, -0.2) is 27.3 Å². The summed E-state index contributed by atoms with van der Waals surface area (Å²) in [5.41, 5.74) is 1.78. The Labute approximate surface area is 177 Å². The number of carbonyl (C=O) groups is 1. The highest BCUT2D eigenvalue weighted by Crippen LogP contribution is 2.25. The van der Waals surface area contributed by atoms with Crippen LogP contribution < -0.4 is 10.1 Å². The van der Waals surface area contributed by atoms with Gasteiger partial charge in [0.1, 0.15) is 11.6 Å². The molecule has 1 heterocycles. The lowest BCUT2D eigenvalue weighted by atomic mass is 10.2. The number of rotatable bonds is 6. The maximum Gasteiger partial charge on any atom is 0.336 e. The van der Waals surface area contributed by atoms with E-state index in [1.54, 1.807) is 36.4 Å². The largest absolute Gasteiger partial charge is 0.463 e. The molecule has 4 rings (SSSR count). The average molecular weight is 420 g/mol. The minimum atomic E-state index is -0.493. The molecule has 1 amide bonds. The lowest BCUT2D eigenvalue weighted by Crippen LogP contribution is -2.12. The van der Waals surface area contributed by atoms with Crippen LogP contribution in [0.2, 0.25) is 0 Å². The van der Waals surface area contributed by atoms with Gasteiger partial charge in [0.25, 0.3) is 5.91 Å². The molecule has 1 aromatic heterocycles. The van der Waals surface area contributed by atoms with Crippen LogP contribution in [0.5, 0.6) is 6.01 Å². The Morgan fingerprint density at radius 1 is 1.00 bits per heavy atom. The number of carbonyl (C=O) groups excluding carboxylic acids is 1. The number of halogens is 2. The predicted octanol–water partition coefficient (Wildman–Crippen LogP) is 4.86. The number of anilines is 1. The number of benzene rings is 3. The number of nitrogens with one attached hydrogen (secondary N) is 1. The third-order valence-electron chi connectivity index (χ3n) is 4.38. The Morgan fingerprint density at radius 2 is 1.74 bits per heavy atom. The van der Waals surface area contributed by atoms with Crippen LogP contribution in [0, 0.1) is 11.6 Å². The maximum atomic E-state index is 13.8. The molecule has 0 radical (unpaired) electrons. The highest BCUT2D eigenvalue weighted by atomic mass is 19.1. The van der Waals surface area contributed by atoms with Crippen LogP contribution >= 0.6 is 0 Å². The van der Waals surface area contributed by atoms with Crippen LogP contribution in [0.3, 0.4) is 0 Å². The Kier molecular flexibility index (Phi) is 5.70. The number of hydrogen-bond donors (Lipinski definition) is 1. The zero-order chi connectivity index (χ0) is 21.8. The zero-order valence-corrected chi connectivity index (χ0v) is 16.5. The molecule has 0 spiro atoms. The minimum absolute atomic E-state index is 0.149. The first-order valence-corrected chi connectivity index (χ1v) is 9.56. The summed E-state index contributed by atoms with van der Waals surface area (Å²) in [5, 5.41) is 7.10. The van der Waals surface area contributed by atoms with Gasteiger partial charge in [-0.15, -0.1) is 5.10 Å². The molecule has 6 nitrogen and oxygen atoms in total. The second-order valence-electron chi connectivity index (χ2n) is 6.59. The number of ether oxygens (including phenoxy) is 1. The summed E-state index contributed by atoms with van der Waals surface area (Å²) in [6, 6.07) is 18.4. The second kappa shape index (κ2) is 8.74. The third-order valence-corrected chi connectivity index (χ3v) is 4.38. The summed E-state index contributed by atoms with van der Waals surface area (Å²) >= 11 is 0. The summed E-state index contributed by atoms with van der Waals surface area (Å²) in [7, 11) is 0. The monoisotopic (exact) mass is 420 g/mol. The van der Waals surface area contributed by atoms with Crippen LogP contribution in [0.25, 0.3) is 17.1 Å². The first-order valence-electron chi connectivity index (χ1n) is 9.56. The molecule has 156 valence electrons. The third kappa shape index (κ3) is 4.58. The van der Waals surface area contributed by atoms with E-state index in [-0.39, 0.29) is 11.6 Å². The molecular weight excluding hydrogens is 402 g/mol. The standard InChI is InChI=1S/C23H18F2N4O2/c1-2-31-23-27-21(15-6-3-8-17(24)12-15)29(28-23)20-11-5-10-19(14-20)26-22(30)16-7-4-9-18(25)13-16/h3-14H,2H2,1H3,(H,26,30). The van der Waals surface area contributed by atoms with Gasteiger partial charge in [0.15, 0.2) is 5.82 Å². The van der Waals surface area contributed by atoms with Crippen molar-refractivity contribution in [3.8, 4) is 23.1 Å². The molecule has 8 heteroatoms. The van der Waals surface area contributed by atoms with E-state index in [2.05, 4.69) is 15.4 Å². The van der Waals surface area contributed by atoms with Crippen LogP contribution in [0.4, 0.5) is 14.5 Å². The summed E-state index contributed by atoms with van der Waals surface area (Å²) in [6.45, 7) is 2.18. The first kappa shape index (κ1) is 20.2. The highest BCUT2D eigenvalue weighted by Gasteiger charge is 2.16. The molecule has 0 fully saturated rings. The molecule has 0 aliphatic heterocycles. The van der Waals surface area contributed by atoms with Gasteiger partial charge in [-0.25, -0.2) is 13.5 Å². The number of aromatic nitrogens is 3. The van der Waals surface area contributed by atoms with E-state index < -0.39 is 17.5 Å². The maximum absolute atomic E-state index is 13.8.